The highest BCUT2D eigenvalue weighted by Gasteiger charge is 2.43. The number of halogens is 4. The molecule has 0 saturated carbocycles. The molecule has 0 saturated heterocycles. The summed E-state index contributed by atoms with van der Waals surface area (Å²) in [6.07, 6.45) is -1.29. The van der Waals surface area contributed by atoms with Crippen LogP contribution in [0.15, 0.2) is 11.0 Å². The molecule has 0 fully saturated rings. The van der Waals surface area contributed by atoms with E-state index >= 15 is 0 Å². The molecule has 0 rings (SSSR count). The van der Waals surface area contributed by atoms with Gasteiger partial charge in [-0.05, 0) is 13.2 Å². The fourth-order valence-corrected chi connectivity index (χ4v) is 1.15. The Morgan fingerprint density at radius 1 is 1.45 bits per heavy atom. The molecule has 0 atom stereocenters. The predicted octanol–water partition coefficient (Wildman–Crippen LogP) is 3.15. The molecule has 0 aromatic rings. The van der Waals surface area contributed by atoms with Crippen molar-refractivity contribution in [3.8, 4) is 0 Å². The standard InChI is InChI=1S/C6H8F4S/c1-3-4(11-2)6(9,10)5(7)8/h3,5H,1-2H3/b4-3-. The van der Waals surface area contributed by atoms with Crippen LogP contribution in [0.25, 0.3) is 0 Å². The second-order valence-electron chi connectivity index (χ2n) is 1.78. The highest BCUT2D eigenvalue weighted by atomic mass is 32.2. The molecule has 0 bridgehead atoms. The summed E-state index contributed by atoms with van der Waals surface area (Å²) in [4.78, 5) is -0.590. The highest BCUT2D eigenvalue weighted by Crippen LogP contribution is 2.36. The molecule has 11 heavy (non-hydrogen) atoms. The molecule has 5 heteroatoms. The van der Waals surface area contributed by atoms with Gasteiger partial charge < -0.3 is 0 Å². The van der Waals surface area contributed by atoms with E-state index in [-0.39, 0.29) is 0 Å². The van der Waals surface area contributed by atoms with Gasteiger partial charge in [-0.1, -0.05) is 6.08 Å². The van der Waals surface area contributed by atoms with Crippen molar-refractivity contribution in [1.82, 2.24) is 0 Å². The van der Waals surface area contributed by atoms with Gasteiger partial charge in [0.25, 0.3) is 0 Å². The van der Waals surface area contributed by atoms with E-state index in [1.54, 1.807) is 0 Å². The molecule has 0 heterocycles. The lowest BCUT2D eigenvalue weighted by atomic mass is 10.3. The van der Waals surface area contributed by atoms with E-state index in [2.05, 4.69) is 0 Å². The maximum Gasteiger partial charge on any atom is 0.337 e. The summed E-state index contributed by atoms with van der Waals surface area (Å²) in [6.45, 7) is 1.31. The van der Waals surface area contributed by atoms with E-state index in [4.69, 9.17) is 0 Å². The zero-order chi connectivity index (χ0) is 9.07. The van der Waals surface area contributed by atoms with Gasteiger partial charge in [0.05, 0.1) is 4.91 Å². The van der Waals surface area contributed by atoms with Crippen molar-refractivity contribution >= 4 is 11.8 Å². The van der Waals surface area contributed by atoms with Crippen molar-refractivity contribution in [1.29, 1.82) is 0 Å². The lowest BCUT2D eigenvalue weighted by molar-refractivity contribution is -0.0935. The zero-order valence-corrected chi connectivity index (χ0v) is 6.89. The van der Waals surface area contributed by atoms with Gasteiger partial charge in [-0.2, -0.15) is 8.78 Å². The molecule has 0 nitrogen and oxygen atoms in total. The Kier molecular flexibility index (Phi) is 3.92. The summed E-state index contributed by atoms with van der Waals surface area (Å²) in [6, 6.07) is 0. The van der Waals surface area contributed by atoms with Crippen LogP contribution < -0.4 is 0 Å². The second-order valence-corrected chi connectivity index (χ2v) is 2.63. The van der Waals surface area contributed by atoms with E-state index in [0.717, 1.165) is 6.08 Å². The van der Waals surface area contributed by atoms with Gasteiger partial charge in [0.1, 0.15) is 0 Å². The molecule has 0 amide bonds. The minimum Gasteiger partial charge on any atom is -0.203 e. The Labute approximate surface area is 66.7 Å². The second kappa shape index (κ2) is 3.99. The molecule has 0 N–H and O–H groups in total. The molecule has 0 aliphatic rings. The zero-order valence-electron chi connectivity index (χ0n) is 6.07. The van der Waals surface area contributed by atoms with E-state index in [0.29, 0.717) is 11.8 Å². The van der Waals surface area contributed by atoms with E-state index in [1.165, 1.54) is 13.2 Å². The smallest absolute Gasteiger partial charge is 0.203 e. The van der Waals surface area contributed by atoms with Crippen LogP contribution in [-0.4, -0.2) is 18.6 Å². The van der Waals surface area contributed by atoms with Crippen LogP contribution in [0.5, 0.6) is 0 Å². The van der Waals surface area contributed by atoms with E-state index in [9.17, 15) is 17.6 Å². The molecule has 0 aromatic carbocycles. The van der Waals surface area contributed by atoms with Crippen LogP contribution in [0, 0.1) is 0 Å². The quantitative estimate of drug-likeness (QED) is 0.613. The first-order valence-electron chi connectivity index (χ1n) is 2.83. The third-order valence-electron chi connectivity index (χ3n) is 1.08. The number of allylic oxidation sites excluding steroid dienone is 2. The van der Waals surface area contributed by atoms with Crippen LogP contribution in [-0.2, 0) is 0 Å². The fourth-order valence-electron chi connectivity index (χ4n) is 0.554. The molecule has 66 valence electrons. The lowest BCUT2D eigenvalue weighted by Crippen LogP contribution is -2.27. The third-order valence-corrected chi connectivity index (χ3v) is 2.03. The number of alkyl halides is 4. The van der Waals surface area contributed by atoms with Crippen molar-refractivity contribution in [2.75, 3.05) is 6.26 Å². The van der Waals surface area contributed by atoms with Gasteiger partial charge in [0, 0.05) is 0 Å². The topological polar surface area (TPSA) is 0 Å². The van der Waals surface area contributed by atoms with Gasteiger partial charge >= 0.3 is 12.3 Å². The Balaban J connectivity index is 4.52. The Hall–Kier alpha value is -0.190. The van der Waals surface area contributed by atoms with Crippen molar-refractivity contribution in [3.05, 3.63) is 11.0 Å². The van der Waals surface area contributed by atoms with Crippen molar-refractivity contribution in [2.45, 2.75) is 19.3 Å². The number of rotatable bonds is 3. The van der Waals surface area contributed by atoms with Crippen LogP contribution in [0.2, 0.25) is 0 Å². The summed E-state index contributed by atoms with van der Waals surface area (Å²) in [7, 11) is 0. The van der Waals surface area contributed by atoms with E-state index in [1.807, 2.05) is 0 Å². The normalized spacial score (nSPS) is 14.3. The predicted molar refractivity (Wildman–Crippen MR) is 38.2 cm³/mol. The third kappa shape index (κ3) is 2.39. The van der Waals surface area contributed by atoms with Crippen LogP contribution in [0.4, 0.5) is 17.6 Å². The van der Waals surface area contributed by atoms with Gasteiger partial charge in [-0.3, -0.25) is 0 Å². The summed E-state index contributed by atoms with van der Waals surface area (Å²) in [5.41, 5.74) is 0. The van der Waals surface area contributed by atoms with Crippen LogP contribution in [0.3, 0.4) is 0 Å². The molecule has 0 unspecified atom stereocenters. The van der Waals surface area contributed by atoms with Gasteiger partial charge in [-0.15, -0.1) is 11.8 Å². The average molecular weight is 188 g/mol. The van der Waals surface area contributed by atoms with E-state index < -0.39 is 17.3 Å². The summed E-state index contributed by atoms with van der Waals surface area (Å²) in [5.74, 6) is -3.99. The van der Waals surface area contributed by atoms with Gasteiger partial charge in [-0.25, -0.2) is 8.78 Å². The monoisotopic (exact) mass is 188 g/mol. The Morgan fingerprint density at radius 3 is 2.00 bits per heavy atom. The summed E-state index contributed by atoms with van der Waals surface area (Å²) >= 11 is 0.636. The molecule has 0 aliphatic carbocycles. The van der Waals surface area contributed by atoms with Crippen molar-refractivity contribution < 1.29 is 17.6 Å². The number of hydrogen-bond acceptors (Lipinski definition) is 1. The number of thioether (sulfide) groups is 1. The van der Waals surface area contributed by atoms with Crippen LogP contribution >= 0.6 is 11.8 Å². The molecular formula is C6H8F4S. The molecule has 0 aromatic heterocycles. The SMILES string of the molecule is C/C=C(\SC)C(F)(F)C(F)F. The highest BCUT2D eigenvalue weighted by molar-refractivity contribution is 8.02. The molecule has 0 spiro atoms. The first kappa shape index (κ1) is 10.8. The van der Waals surface area contributed by atoms with Gasteiger partial charge in [0.2, 0.25) is 0 Å². The summed E-state index contributed by atoms with van der Waals surface area (Å²) < 4.78 is 48.0. The number of hydrogen-bond donors (Lipinski definition) is 0. The fraction of sp³-hybridized carbons (Fsp3) is 0.667. The minimum atomic E-state index is -3.99. The van der Waals surface area contributed by atoms with Crippen LogP contribution in [0.1, 0.15) is 6.92 Å². The maximum atomic E-state index is 12.4. The first-order chi connectivity index (χ1) is 4.96. The Morgan fingerprint density at radius 2 is 1.91 bits per heavy atom. The Bertz CT molecular complexity index is 153. The largest absolute Gasteiger partial charge is 0.337 e. The lowest BCUT2D eigenvalue weighted by Gasteiger charge is -2.16. The molecule has 0 aliphatic heterocycles. The molecular weight excluding hydrogens is 180 g/mol. The minimum absolute atomic E-state index is 0.590. The average Bonchev–Trinajstić information content (AvgIpc) is 1.89. The molecule has 0 radical (unpaired) electrons. The van der Waals surface area contributed by atoms with Gasteiger partial charge in [0.15, 0.2) is 0 Å². The first-order valence-corrected chi connectivity index (χ1v) is 4.06. The summed E-state index contributed by atoms with van der Waals surface area (Å²) in [5, 5.41) is 0. The van der Waals surface area contributed by atoms with Crippen molar-refractivity contribution in [2.24, 2.45) is 0 Å². The maximum absolute atomic E-state index is 12.4. The van der Waals surface area contributed by atoms with Crippen molar-refractivity contribution in [3.63, 3.8) is 0 Å².